The minimum atomic E-state index is 0.0116. The Morgan fingerprint density at radius 3 is 2.82 bits per heavy atom. The average Bonchev–Trinajstić information content (AvgIpc) is 2.32. The first kappa shape index (κ1) is 12.7. The summed E-state index contributed by atoms with van der Waals surface area (Å²) in [7, 11) is 0. The summed E-state index contributed by atoms with van der Waals surface area (Å²) in [6.45, 7) is 4.41. The Hall–Kier alpha value is -0.770. The Morgan fingerprint density at radius 2 is 2.18 bits per heavy atom. The maximum absolute atomic E-state index is 12.3. The highest BCUT2D eigenvalue weighted by Crippen LogP contribution is 2.23. The fourth-order valence-corrected chi connectivity index (χ4v) is 2.24. The number of nitrogens with zero attached hydrogens (tertiary/aromatic N) is 1. The van der Waals surface area contributed by atoms with Gasteiger partial charge in [0.2, 0.25) is 0 Å². The molecule has 1 aliphatic heterocycles. The molecule has 0 unspecified atom stereocenters. The zero-order chi connectivity index (χ0) is 12.4. The van der Waals surface area contributed by atoms with Crippen molar-refractivity contribution in [3.63, 3.8) is 0 Å². The highest BCUT2D eigenvalue weighted by Gasteiger charge is 2.24. The van der Waals surface area contributed by atoms with Gasteiger partial charge in [0.15, 0.2) is 0 Å². The Morgan fingerprint density at radius 1 is 1.41 bits per heavy atom. The molecule has 1 N–H and O–H groups in total. The number of rotatable bonds is 1. The fraction of sp³-hybridized carbons (Fsp3) is 0.417. The molecular weight excluding hydrogens is 259 g/mol. The van der Waals surface area contributed by atoms with E-state index in [-0.39, 0.29) is 11.9 Å². The van der Waals surface area contributed by atoms with Gasteiger partial charge in [0, 0.05) is 31.2 Å². The molecule has 1 amide bonds. The van der Waals surface area contributed by atoms with E-state index in [2.05, 4.69) is 5.32 Å². The van der Waals surface area contributed by atoms with E-state index >= 15 is 0 Å². The van der Waals surface area contributed by atoms with Crippen molar-refractivity contribution >= 4 is 29.1 Å². The molecule has 1 fully saturated rings. The number of carbonyl (C=O) groups excluding carboxylic acids is 1. The van der Waals surface area contributed by atoms with Crippen LogP contribution in [0.2, 0.25) is 10.0 Å². The topological polar surface area (TPSA) is 32.3 Å². The highest BCUT2D eigenvalue weighted by atomic mass is 35.5. The van der Waals surface area contributed by atoms with Gasteiger partial charge in [-0.05, 0) is 25.1 Å². The molecule has 2 rings (SSSR count). The summed E-state index contributed by atoms with van der Waals surface area (Å²) in [6.07, 6.45) is 0. The van der Waals surface area contributed by atoms with Gasteiger partial charge in [-0.2, -0.15) is 0 Å². The number of halogens is 2. The van der Waals surface area contributed by atoms with E-state index in [1.165, 1.54) is 0 Å². The van der Waals surface area contributed by atoms with Gasteiger partial charge >= 0.3 is 0 Å². The number of hydrogen-bond donors (Lipinski definition) is 1. The largest absolute Gasteiger partial charge is 0.333 e. The van der Waals surface area contributed by atoms with E-state index in [0.29, 0.717) is 15.6 Å². The van der Waals surface area contributed by atoms with E-state index in [9.17, 15) is 4.79 Å². The maximum Gasteiger partial charge on any atom is 0.254 e. The molecule has 3 nitrogen and oxygen atoms in total. The van der Waals surface area contributed by atoms with E-state index in [1.54, 1.807) is 18.2 Å². The standard InChI is InChI=1S/C12H14Cl2N2O/c1-8-7-15-4-5-16(8)12(17)9-2-3-10(13)11(14)6-9/h2-3,6,8,15H,4-5,7H2,1H3/t8-/m1/s1. The summed E-state index contributed by atoms with van der Waals surface area (Å²) in [5.74, 6) is 0.0116. The van der Waals surface area contributed by atoms with Gasteiger partial charge in [-0.1, -0.05) is 23.2 Å². The van der Waals surface area contributed by atoms with E-state index in [4.69, 9.17) is 23.2 Å². The van der Waals surface area contributed by atoms with Gasteiger partial charge in [-0.25, -0.2) is 0 Å². The number of carbonyl (C=O) groups is 1. The monoisotopic (exact) mass is 272 g/mol. The molecule has 0 spiro atoms. The lowest BCUT2D eigenvalue weighted by Gasteiger charge is -2.34. The predicted octanol–water partition coefficient (Wildman–Crippen LogP) is 2.43. The minimum Gasteiger partial charge on any atom is -0.333 e. The van der Waals surface area contributed by atoms with Crippen LogP contribution >= 0.6 is 23.2 Å². The van der Waals surface area contributed by atoms with Crippen molar-refractivity contribution in [2.24, 2.45) is 0 Å². The molecule has 1 aromatic carbocycles. The van der Waals surface area contributed by atoms with Crippen molar-refractivity contribution in [3.05, 3.63) is 33.8 Å². The van der Waals surface area contributed by atoms with Crippen LogP contribution in [0.1, 0.15) is 17.3 Å². The van der Waals surface area contributed by atoms with Gasteiger partial charge in [-0.15, -0.1) is 0 Å². The molecule has 1 saturated heterocycles. The summed E-state index contributed by atoms with van der Waals surface area (Å²) in [4.78, 5) is 14.1. The van der Waals surface area contributed by atoms with Crippen molar-refractivity contribution in [2.75, 3.05) is 19.6 Å². The quantitative estimate of drug-likeness (QED) is 0.852. The van der Waals surface area contributed by atoms with Crippen molar-refractivity contribution in [3.8, 4) is 0 Å². The zero-order valence-electron chi connectivity index (χ0n) is 9.54. The van der Waals surface area contributed by atoms with Crippen molar-refractivity contribution in [2.45, 2.75) is 13.0 Å². The van der Waals surface area contributed by atoms with Gasteiger partial charge in [0.05, 0.1) is 10.0 Å². The Kier molecular flexibility index (Phi) is 3.92. The minimum absolute atomic E-state index is 0.0116. The molecule has 1 aliphatic rings. The van der Waals surface area contributed by atoms with Crippen LogP contribution in [0.3, 0.4) is 0 Å². The molecule has 5 heteroatoms. The third-order valence-corrected chi connectivity index (χ3v) is 3.67. The van der Waals surface area contributed by atoms with E-state index < -0.39 is 0 Å². The molecule has 0 aliphatic carbocycles. The summed E-state index contributed by atoms with van der Waals surface area (Å²) in [5.41, 5.74) is 0.591. The Balaban J connectivity index is 2.21. The third-order valence-electron chi connectivity index (χ3n) is 2.93. The lowest BCUT2D eigenvalue weighted by Crippen LogP contribution is -2.52. The maximum atomic E-state index is 12.3. The first-order chi connectivity index (χ1) is 8.09. The number of benzene rings is 1. The lowest BCUT2D eigenvalue weighted by molar-refractivity contribution is 0.0656. The second-order valence-corrected chi connectivity index (χ2v) is 4.99. The van der Waals surface area contributed by atoms with Gasteiger partial charge in [0.1, 0.15) is 0 Å². The van der Waals surface area contributed by atoms with E-state index in [0.717, 1.165) is 19.6 Å². The van der Waals surface area contributed by atoms with E-state index in [1.807, 2.05) is 11.8 Å². The van der Waals surface area contributed by atoms with Gasteiger partial charge < -0.3 is 10.2 Å². The molecule has 1 aromatic rings. The zero-order valence-corrected chi connectivity index (χ0v) is 11.1. The normalized spacial score (nSPS) is 20.4. The van der Waals surface area contributed by atoms with Crippen LogP contribution < -0.4 is 5.32 Å². The molecule has 0 aromatic heterocycles. The van der Waals surface area contributed by atoms with Gasteiger partial charge in [-0.3, -0.25) is 4.79 Å². The second kappa shape index (κ2) is 5.25. The Labute approximate surface area is 111 Å². The van der Waals surface area contributed by atoms with Crippen molar-refractivity contribution in [1.82, 2.24) is 10.2 Å². The smallest absolute Gasteiger partial charge is 0.254 e. The predicted molar refractivity (Wildman–Crippen MR) is 69.8 cm³/mol. The summed E-state index contributed by atoms with van der Waals surface area (Å²) >= 11 is 11.8. The summed E-state index contributed by atoms with van der Waals surface area (Å²) < 4.78 is 0. The number of piperazine rings is 1. The number of amides is 1. The van der Waals surface area contributed by atoms with Crippen LogP contribution in [0.25, 0.3) is 0 Å². The van der Waals surface area contributed by atoms with Gasteiger partial charge in [0.25, 0.3) is 5.91 Å². The molecule has 1 heterocycles. The lowest BCUT2D eigenvalue weighted by atomic mass is 10.1. The number of hydrogen-bond acceptors (Lipinski definition) is 2. The second-order valence-electron chi connectivity index (χ2n) is 4.18. The average molecular weight is 273 g/mol. The molecular formula is C12H14Cl2N2O. The van der Waals surface area contributed by atoms with Crippen LogP contribution in [0.4, 0.5) is 0 Å². The summed E-state index contributed by atoms with van der Waals surface area (Å²) in [5, 5.41) is 4.14. The fourth-order valence-electron chi connectivity index (χ4n) is 1.94. The van der Waals surface area contributed by atoms with Crippen molar-refractivity contribution in [1.29, 1.82) is 0 Å². The molecule has 0 radical (unpaired) electrons. The first-order valence-electron chi connectivity index (χ1n) is 5.56. The molecule has 92 valence electrons. The molecule has 1 atom stereocenters. The number of nitrogens with one attached hydrogen (secondary N) is 1. The van der Waals surface area contributed by atoms with Crippen LogP contribution in [0, 0.1) is 0 Å². The molecule has 0 bridgehead atoms. The first-order valence-corrected chi connectivity index (χ1v) is 6.32. The van der Waals surface area contributed by atoms with Crippen molar-refractivity contribution < 1.29 is 4.79 Å². The molecule has 0 saturated carbocycles. The highest BCUT2D eigenvalue weighted by molar-refractivity contribution is 6.42. The molecule has 17 heavy (non-hydrogen) atoms. The van der Waals surface area contributed by atoms with Crippen LogP contribution in [-0.2, 0) is 0 Å². The van der Waals surface area contributed by atoms with Crippen LogP contribution in [0.15, 0.2) is 18.2 Å². The Bertz CT molecular complexity index is 437. The summed E-state index contributed by atoms with van der Waals surface area (Å²) in [6, 6.07) is 5.20. The third kappa shape index (κ3) is 2.73. The van der Waals surface area contributed by atoms with Crippen LogP contribution in [0.5, 0.6) is 0 Å². The van der Waals surface area contributed by atoms with Crippen LogP contribution in [-0.4, -0.2) is 36.5 Å². The SMILES string of the molecule is C[C@@H]1CNCCN1C(=O)c1ccc(Cl)c(Cl)c1.